The van der Waals surface area contributed by atoms with E-state index < -0.39 is 0 Å². The maximum atomic E-state index is 13.2. The number of halogens is 1. The summed E-state index contributed by atoms with van der Waals surface area (Å²) in [5, 5.41) is 12.3. The van der Waals surface area contributed by atoms with Crippen molar-refractivity contribution in [2.45, 2.75) is 56.1 Å². The van der Waals surface area contributed by atoms with Crippen LogP contribution in [0.5, 0.6) is 0 Å². The SMILES string of the molecule is CC(Sc1nnc(CN2CCCCC2)n1-c1ccccc1)C(=O)NC(C)c1ccc(F)cc1. The molecule has 0 radical (unpaired) electrons. The molecule has 4 rings (SSSR count). The zero-order chi connectivity index (χ0) is 23.2. The molecular formula is C25H30FN5OS. The van der Waals surface area contributed by atoms with E-state index in [1.165, 1.54) is 43.2 Å². The summed E-state index contributed by atoms with van der Waals surface area (Å²) in [5.41, 5.74) is 1.85. The number of nitrogens with one attached hydrogen (secondary N) is 1. The molecule has 3 aromatic rings. The van der Waals surface area contributed by atoms with Crippen molar-refractivity contribution in [2.24, 2.45) is 0 Å². The molecule has 1 fully saturated rings. The van der Waals surface area contributed by atoms with E-state index in [4.69, 9.17) is 0 Å². The second-order valence-electron chi connectivity index (χ2n) is 8.45. The molecule has 0 spiro atoms. The second kappa shape index (κ2) is 10.9. The molecular weight excluding hydrogens is 437 g/mol. The first-order valence-electron chi connectivity index (χ1n) is 11.5. The van der Waals surface area contributed by atoms with Crippen LogP contribution in [0.1, 0.15) is 50.5 Å². The summed E-state index contributed by atoms with van der Waals surface area (Å²) in [5.74, 6) is 0.497. The van der Waals surface area contributed by atoms with Crippen LogP contribution in [0.3, 0.4) is 0 Å². The molecule has 1 amide bonds. The third kappa shape index (κ3) is 6.00. The van der Waals surface area contributed by atoms with Gasteiger partial charge in [0.1, 0.15) is 5.82 Å². The Morgan fingerprint density at radius 3 is 2.42 bits per heavy atom. The number of thioether (sulfide) groups is 1. The van der Waals surface area contributed by atoms with Gasteiger partial charge in [-0.05, 0) is 69.6 Å². The summed E-state index contributed by atoms with van der Waals surface area (Å²) in [6.07, 6.45) is 3.71. The molecule has 2 aromatic carbocycles. The molecule has 1 saturated heterocycles. The Bertz CT molecular complexity index is 1050. The van der Waals surface area contributed by atoms with E-state index in [0.29, 0.717) is 5.16 Å². The van der Waals surface area contributed by atoms with Gasteiger partial charge < -0.3 is 5.32 Å². The van der Waals surface area contributed by atoms with Gasteiger partial charge >= 0.3 is 0 Å². The standard InChI is InChI=1S/C25H30FN5OS/c1-18(20-11-13-21(26)14-12-20)27-24(32)19(2)33-25-29-28-23(17-30-15-7-4-8-16-30)31(25)22-9-5-3-6-10-22/h3,5-6,9-14,18-19H,4,7-8,15-17H2,1-2H3,(H,27,32). The molecule has 174 valence electrons. The molecule has 2 heterocycles. The zero-order valence-corrected chi connectivity index (χ0v) is 19.9. The zero-order valence-electron chi connectivity index (χ0n) is 19.1. The number of rotatable bonds is 8. The average molecular weight is 468 g/mol. The lowest BCUT2D eigenvalue weighted by Gasteiger charge is -2.26. The number of piperidine rings is 1. The molecule has 2 atom stereocenters. The quantitative estimate of drug-likeness (QED) is 0.485. The van der Waals surface area contributed by atoms with E-state index in [-0.39, 0.29) is 23.0 Å². The van der Waals surface area contributed by atoms with Gasteiger partial charge in [0, 0.05) is 5.69 Å². The van der Waals surface area contributed by atoms with Crippen LogP contribution >= 0.6 is 11.8 Å². The van der Waals surface area contributed by atoms with Gasteiger partial charge in [-0.3, -0.25) is 14.3 Å². The maximum absolute atomic E-state index is 13.2. The van der Waals surface area contributed by atoms with Crippen LogP contribution in [0, 0.1) is 5.82 Å². The van der Waals surface area contributed by atoms with Crippen molar-refractivity contribution >= 4 is 17.7 Å². The Morgan fingerprint density at radius 2 is 1.73 bits per heavy atom. The van der Waals surface area contributed by atoms with E-state index in [2.05, 4.69) is 25.0 Å². The average Bonchev–Trinajstić information content (AvgIpc) is 3.22. The number of amides is 1. The highest BCUT2D eigenvalue weighted by Gasteiger charge is 2.23. The summed E-state index contributed by atoms with van der Waals surface area (Å²) < 4.78 is 15.3. The highest BCUT2D eigenvalue weighted by atomic mass is 32.2. The Balaban J connectivity index is 1.49. The molecule has 1 aromatic heterocycles. The van der Waals surface area contributed by atoms with Crippen LogP contribution in [-0.2, 0) is 11.3 Å². The van der Waals surface area contributed by atoms with Crippen molar-refractivity contribution in [3.05, 3.63) is 71.8 Å². The predicted molar refractivity (Wildman–Crippen MR) is 129 cm³/mol. The highest BCUT2D eigenvalue weighted by Crippen LogP contribution is 2.27. The molecule has 1 aliphatic heterocycles. The number of carbonyl (C=O) groups is 1. The third-order valence-corrected chi connectivity index (χ3v) is 6.95. The molecule has 0 bridgehead atoms. The molecule has 0 saturated carbocycles. The third-order valence-electron chi connectivity index (χ3n) is 5.91. The lowest BCUT2D eigenvalue weighted by Crippen LogP contribution is -2.33. The van der Waals surface area contributed by atoms with Crippen LogP contribution in [0.25, 0.3) is 5.69 Å². The molecule has 6 nitrogen and oxygen atoms in total. The van der Waals surface area contributed by atoms with E-state index >= 15 is 0 Å². The van der Waals surface area contributed by atoms with Crippen LogP contribution in [0.4, 0.5) is 4.39 Å². The number of hydrogen-bond acceptors (Lipinski definition) is 5. The number of benzene rings is 2. The van der Waals surface area contributed by atoms with E-state index in [1.807, 2.05) is 44.2 Å². The van der Waals surface area contributed by atoms with Crippen molar-refractivity contribution in [1.82, 2.24) is 25.0 Å². The Hall–Kier alpha value is -2.71. The largest absolute Gasteiger partial charge is 0.349 e. The monoisotopic (exact) mass is 467 g/mol. The Labute approximate surface area is 198 Å². The van der Waals surface area contributed by atoms with Crippen LogP contribution in [0.15, 0.2) is 59.8 Å². The summed E-state index contributed by atoms with van der Waals surface area (Å²) in [4.78, 5) is 15.3. The van der Waals surface area contributed by atoms with Crippen LogP contribution < -0.4 is 5.32 Å². The van der Waals surface area contributed by atoms with E-state index in [1.54, 1.807) is 12.1 Å². The maximum Gasteiger partial charge on any atom is 0.233 e. The molecule has 1 aliphatic rings. The fourth-order valence-corrected chi connectivity index (χ4v) is 4.91. The van der Waals surface area contributed by atoms with Crippen molar-refractivity contribution in [1.29, 1.82) is 0 Å². The minimum absolute atomic E-state index is 0.1000. The van der Waals surface area contributed by atoms with Gasteiger partial charge in [-0.15, -0.1) is 10.2 Å². The number of aromatic nitrogens is 3. The highest BCUT2D eigenvalue weighted by molar-refractivity contribution is 8.00. The first-order valence-corrected chi connectivity index (χ1v) is 12.3. The number of hydrogen-bond donors (Lipinski definition) is 1. The summed E-state index contributed by atoms with van der Waals surface area (Å²) in [6, 6.07) is 16.0. The van der Waals surface area contributed by atoms with Crippen molar-refractivity contribution in [3.8, 4) is 5.69 Å². The van der Waals surface area contributed by atoms with E-state index in [0.717, 1.165) is 36.7 Å². The number of carbonyl (C=O) groups excluding carboxylic acids is 1. The normalized spacial score (nSPS) is 16.3. The molecule has 8 heteroatoms. The van der Waals surface area contributed by atoms with Crippen molar-refractivity contribution in [2.75, 3.05) is 13.1 Å². The Kier molecular flexibility index (Phi) is 7.77. The first kappa shape index (κ1) is 23.4. The van der Waals surface area contributed by atoms with Gasteiger partial charge in [0.2, 0.25) is 5.91 Å². The van der Waals surface area contributed by atoms with Gasteiger partial charge in [0.05, 0.1) is 17.8 Å². The number of nitrogens with zero attached hydrogens (tertiary/aromatic N) is 4. The fourth-order valence-electron chi connectivity index (χ4n) is 4.01. The lowest BCUT2D eigenvalue weighted by atomic mass is 10.1. The summed E-state index contributed by atoms with van der Waals surface area (Å²) in [7, 11) is 0. The minimum atomic E-state index is -0.373. The minimum Gasteiger partial charge on any atom is -0.349 e. The summed E-state index contributed by atoms with van der Waals surface area (Å²) >= 11 is 1.39. The van der Waals surface area contributed by atoms with E-state index in [9.17, 15) is 9.18 Å². The molecule has 0 aliphatic carbocycles. The fraction of sp³-hybridized carbons (Fsp3) is 0.400. The van der Waals surface area contributed by atoms with Crippen LogP contribution in [-0.4, -0.2) is 43.9 Å². The summed E-state index contributed by atoms with van der Waals surface area (Å²) in [6.45, 7) is 6.65. The van der Waals surface area contributed by atoms with Gasteiger partial charge in [0.25, 0.3) is 0 Å². The molecule has 33 heavy (non-hydrogen) atoms. The topological polar surface area (TPSA) is 63.1 Å². The second-order valence-corrected chi connectivity index (χ2v) is 9.76. The Morgan fingerprint density at radius 1 is 1.03 bits per heavy atom. The van der Waals surface area contributed by atoms with Crippen LogP contribution in [0.2, 0.25) is 0 Å². The van der Waals surface area contributed by atoms with Gasteiger partial charge in [-0.25, -0.2) is 4.39 Å². The van der Waals surface area contributed by atoms with Gasteiger partial charge in [-0.1, -0.05) is 48.5 Å². The number of para-hydroxylation sites is 1. The van der Waals surface area contributed by atoms with Gasteiger partial charge in [0.15, 0.2) is 11.0 Å². The van der Waals surface area contributed by atoms with Crippen molar-refractivity contribution < 1.29 is 9.18 Å². The lowest BCUT2D eigenvalue weighted by molar-refractivity contribution is -0.120. The predicted octanol–water partition coefficient (Wildman–Crippen LogP) is 4.75. The molecule has 1 N–H and O–H groups in total. The molecule has 2 unspecified atom stereocenters. The smallest absolute Gasteiger partial charge is 0.233 e. The number of likely N-dealkylation sites (tertiary alicyclic amines) is 1. The van der Waals surface area contributed by atoms with Gasteiger partial charge in [-0.2, -0.15) is 0 Å². The van der Waals surface area contributed by atoms with Crippen molar-refractivity contribution in [3.63, 3.8) is 0 Å². The first-order chi connectivity index (χ1) is 16.0.